The monoisotopic (exact) mass is 249 g/mol. The third-order valence-corrected chi connectivity index (χ3v) is 3.02. The Hall–Kier alpha value is -1.10. The van der Waals surface area contributed by atoms with Crippen molar-refractivity contribution in [3.05, 3.63) is 42.1 Å². The maximum absolute atomic E-state index is 9.98. The quantitative estimate of drug-likeness (QED) is 0.726. The van der Waals surface area contributed by atoms with E-state index in [0.29, 0.717) is 17.7 Å². The molecule has 1 aromatic carbocycles. The Morgan fingerprint density at radius 1 is 1.24 bits per heavy atom. The van der Waals surface area contributed by atoms with Gasteiger partial charge in [0, 0.05) is 11.6 Å². The van der Waals surface area contributed by atoms with Crippen LogP contribution in [0.25, 0.3) is 10.9 Å². The average molecular weight is 249 g/mol. The predicted octanol–water partition coefficient (Wildman–Crippen LogP) is 1.95. The average Bonchev–Trinajstić information content (AvgIpc) is 2.37. The van der Waals surface area contributed by atoms with Gasteiger partial charge >= 0.3 is 0 Å². The lowest BCUT2D eigenvalue weighted by molar-refractivity contribution is 0.0173. The van der Waals surface area contributed by atoms with Crippen LogP contribution >= 0.6 is 12.6 Å². The first kappa shape index (κ1) is 12.4. The maximum atomic E-state index is 9.98. The first-order valence-electron chi connectivity index (χ1n) is 5.54. The van der Waals surface area contributed by atoms with E-state index in [9.17, 15) is 10.2 Å². The largest absolute Gasteiger partial charge is 0.390 e. The van der Waals surface area contributed by atoms with E-state index in [1.165, 1.54) is 0 Å². The Bertz CT molecular complexity index is 503. The predicted molar refractivity (Wildman–Crippen MR) is 71.2 cm³/mol. The molecule has 1 heterocycles. The minimum Gasteiger partial charge on any atom is -0.390 e. The molecule has 0 saturated heterocycles. The molecule has 0 aliphatic carbocycles. The van der Waals surface area contributed by atoms with Gasteiger partial charge in [0.15, 0.2) is 0 Å². The van der Waals surface area contributed by atoms with Gasteiger partial charge in [0.2, 0.25) is 0 Å². The van der Waals surface area contributed by atoms with Gasteiger partial charge in [-0.1, -0.05) is 12.1 Å². The van der Waals surface area contributed by atoms with Gasteiger partial charge < -0.3 is 10.2 Å². The molecule has 2 aromatic rings. The molecule has 2 rings (SSSR count). The number of pyridine rings is 1. The highest BCUT2D eigenvalue weighted by Crippen LogP contribution is 2.22. The zero-order chi connectivity index (χ0) is 12.3. The van der Waals surface area contributed by atoms with E-state index in [1.807, 2.05) is 24.3 Å². The molecule has 0 aliphatic heterocycles. The van der Waals surface area contributed by atoms with Gasteiger partial charge in [0.1, 0.15) is 6.10 Å². The summed E-state index contributed by atoms with van der Waals surface area (Å²) in [4.78, 5) is 4.21. The molecule has 90 valence electrons. The van der Waals surface area contributed by atoms with Gasteiger partial charge in [0.05, 0.1) is 11.6 Å². The number of aromatic nitrogens is 1. The number of aliphatic hydroxyl groups excluding tert-OH is 2. The molecule has 2 atom stereocenters. The number of rotatable bonds is 4. The van der Waals surface area contributed by atoms with E-state index < -0.39 is 12.2 Å². The lowest BCUT2D eigenvalue weighted by Gasteiger charge is -2.17. The second kappa shape index (κ2) is 5.49. The zero-order valence-electron chi connectivity index (χ0n) is 9.32. The van der Waals surface area contributed by atoms with Gasteiger partial charge in [-0.3, -0.25) is 4.98 Å². The number of aliphatic hydroxyl groups is 2. The first-order chi connectivity index (χ1) is 8.22. The van der Waals surface area contributed by atoms with Crippen molar-refractivity contribution in [2.45, 2.75) is 18.6 Å². The first-order valence-corrected chi connectivity index (χ1v) is 6.17. The molecule has 1 aromatic heterocycles. The molecule has 0 saturated carbocycles. The molecule has 17 heavy (non-hydrogen) atoms. The molecule has 2 unspecified atom stereocenters. The van der Waals surface area contributed by atoms with Crippen molar-refractivity contribution < 1.29 is 10.2 Å². The summed E-state index contributed by atoms with van der Waals surface area (Å²) in [6, 6.07) is 9.28. The highest BCUT2D eigenvalue weighted by Gasteiger charge is 2.17. The highest BCUT2D eigenvalue weighted by atomic mass is 32.1. The third kappa shape index (κ3) is 2.77. The van der Waals surface area contributed by atoms with Crippen LogP contribution in [0.1, 0.15) is 18.1 Å². The van der Waals surface area contributed by atoms with Crippen molar-refractivity contribution in [1.82, 2.24) is 4.98 Å². The fraction of sp³-hybridized carbons (Fsp3) is 0.308. The van der Waals surface area contributed by atoms with Crippen molar-refractivity contribution in [3.8, 4) is 0 Å². The Balaban J connectivity index is 2.29. The summed E-state index contributed by atoms with van der Waals surface area (Å²) >= 11 is 4.04. The summed E-state index contributed by atoms with van der Waals surface area (Å²) in [7, 11) is 0. The number of thiol groups is 1. The SMILES string of the molecule is OC(CCS)C(O)c1ccc2ncccc2c1. The topological polar surface area (TPSA) is 53.4 Å². The molecular weight excluding hydrogens is 234 g/mol. The van der Waals surface area contributed by atoms with Crippen molar-refractivity contribution in [2.24, 2.45) is 0 Å². The van der Waals surface area contributed by atoms with Gasteiger partial charge in [0.25, 0.3) is 0 Å². The molecular formula is C13H15NO2S. The fourth-order valence-corrected chi connectivity index (χ4v) is 2.05. The van der Waals surface area contributed by atoms with E-state index in [1.54, 1.807) is 12.3 Å². The fourth-order valence-electron chi connectivity index (χ4n) is 1.79. The molecule has 2 N–H and O–H groups in total. The second-order valence-electron chi connectivity index (χ2n) is 3.98. The van der Waals surface area contributed by atoms with Gasteiger partial charge in [-0.05, 0) is 35.9 Å². The van der Waals surface area contributed by atoms with Crippen LogP contribution in [0.4, 0.5) is 0 Å². The summed E-state index contributed by atoms with van der Waals surface area (Å²) in [5.41, 5.74) is 1.59. The molecule has 0 fully saturated rings. The normalized spacial score (nSPS) is 14.8. The van der Waals surface area contributed by atoms with Crippen LogP contribution in [-0.2, 0) is 0 Å². The summed E-state index contributed by atoms with van der Waals surface area (Å²) in [6.45, 7) is 0. The van der Waals surface area contributed by atoms with E-state index >= 15 is 0 Å². The van der Waals surface area contributed by atoms with Crippen LogP contribution in [0.2, 0.25) is 0 Å². The lowest BCUT2D eigenvalue weighted by Crippen LogP contribution is -2.18. The molecule has 4 heteroatoms. The van der Waals surface area contributed by atoms with Crippen LogP contribution in [0.3, 0.4) is 0 Å². The summed E-state index contributed by atoms with van der Waals surface area (Å²) < 4.78 is 0. The maximum Gasteiger partial charge on any atom is 0.105 e. The Labute approximate surface area is 106 Å². The van der Waals surface area contributed by atoms with Crippen molar-refractivity contribution in [1.29, 1.82) is 0 Å². The third-order valence-electron chi connectivity index (χ3n) is 2.76. The van der Waals surface area contributed by atoms with Gasteiger partial charge in [-0.25, -0.2) is 0 Å². The van der Waals surface area contributed by atoms with Crippen LogP contribution in [0, 0.1) is 0 Å². The zero-order valence-corrected chi connectivity index (χ0v) is 10.2. The van der Waals surface area contributed by atoms with Crippen molar-refractivity contribution in [3.63, 3.8) is 0 Å². The van der Waals surface area contributed by atoms with E-state index in [4.69, 9.17) is 0 Å². The number of hydrogen-bond donors (Lipinski definition) is 3. The lowest BCUT2D eigenvalue weighted by atomic mass is 10.0. The van der Waals surface area contributed by atoms with Crippen molar-refractivity contribution in [2.75, 3.05) is 5.75 Å². The van der Waals surface area contributed by atoms with Gasteiger partial charge in [-0.2, -0.15) is 12.6 Å². The Morgan fingerprint density at radius 3 is 2.82 bits per heavy atom. The summed E-state index contributed by atoms with van der Waals surface area (Å²) in [5.74, 6) is 0.549. The molecule has 0 radical (unpaired) electrons. The number of hydrogen-bond acceptors (Lipinski definition) is 4. The number of fused-ring (bicyclic) bond motifs is 1. The molecule has 0 amide bonds. The summed E-state index contributed by atoms with van der Waals surface area (Å²) in [6.07, 6.45) is 0.553. The minimum absolute atomic E-state index is 0.468. The molecule has 0 aliphatic rings. The van der Waals surface area contributed by atoms with Crippen LogP contribution in [0.5, 0.6) is 0 Å². The number of nitrogens with zero attached hydrogens (tertiary/aromatic N) is 1. The van der Waals surface area contributed by atoms with Crippen LogP contribution in [-0.4, -0.2) is 27.1 Å². The van der Waals surface area contributed by atoms with Crippen molar-refractivity contribution >= 4 is 23.5 Å². The van der Waals surface area contributed by atoms with Gasteiger partial charge in [-0.15, -0.1) is 0 Å². The van der Waals surface area contributed by atoms with Crippen LogP contribution in [0.15, 0.2) is 36.5 Å². The van der Waals surface area contributed by atoms with E-state index in [2.05, 4.69) is 17.6 Å². The standard InChI is InChI=1S/C13H15NO2S/c15-12(5-7-17)13(16)10-3-4-11-9(8-10)2-1-6-14-11/h1-4,6,8,12-13,15-17H,5,7H2. The Morgan fingerprint density at radius 2 is 2.06 bits per heavy atom. The Kier molecular flexibility index (Phi) is 3.99. The van der Waals surface area contributed by atoms with E-state index in [-0.39, 0.29) is 0 Å². The molecule has 0 spiro atoms. The van der Waals surface area contributed by atoms with E-state index in [0.717, 1.165) is 10.9 Å². The van der Waals surface area contributed by atoms with Crippen LogP contribution < -0.4 is 0 Å². The highest BCUT2D eigenvalue weighted by molar-refractivity contribution is 7.80. The smallest absolute Gasteiger partial charge is 0.105 e. The number of benzene rings is 1. The molecule has 0 bridgehead atoms. The summed E-state index contributed by atoms with van der Waals surface area (Å²) in [5, 5.41) is 20.7. The second-order valence-corrected chi connectivity index (χ2v) is 4.43. The molecule has 3 nitrogen and oxygen atoms in total. The minimum atomic E-state index is -0.869.